The highest BCUT2D eigenvalue weighted by Crippen LogP contribution is 2.22. The highest BCUT2D eigenvalue weighted by molar-refractivity contribution is 6.39. The minimum Gasteiger partial charge on any atom is -0.495 e. The second-order valence-corrected chi connectivity index (χ2v) is 5.10. The van der Waals surface area contributed by atoms with E-state index in [-0.39, 0.29) is 5.69 Å². The van der Waals surface area contributed by atoms with E-state index >= 15 is 0 Å². The van der Waals surface area contributed by atoms with Crippen LogP contribution in [0.5, 0.6) is 5.75 Å². The monoisotopic (exact) mass is 356 g/mol. The molecule has 2 rings (SSSR count). The van der Waals surface area contributed by atoms with Crippen LogP contribution in [0.2, 0.25) is 0 Å². The third-order valence-electron chi connectivity index (χ3n) is 3.36. The zero-order valence-electron chi connectivity index (χ0n) is 14.1. The van der Waals surface area contributed by atoms with E-state index in [0.717, 1.165) is 0 Å². The lowest BCUT2D eigenvalue weighted by molar-refractivity contribution is -0.384. The van der Waals surface area contributed by atoms with Crippen molar-refractivity contribution in [3.63, 3.8) is 0 Å². The number of amides is 2. The Hall–Kier alpha value is -3.75. The molecule has 9 nitrogen and oxygen atoms in total. The third-order valence-corrected chi connectivity index (χ3v) is 3.36. The standard InChI is InChI=1S/C17H16N4O5/c1-11(12-6-5-7-13(10-12)21(24)25)19-20-17(23)16(22)18-14-8-3-4-9-15(14)26-2/h3-10H,1-2H3,(H,18,22)(H,20,23)/b19-11+. The molecule has 0 fully saturated rings. The van der Waals surface area contributed by atoms with Gasteiger partial charge >= 0.3 is 11.8 Å². The SMILES string of the molecule is COc1ccccc1NC(=O)C(=O)N/N=C(\C)c1cccc([N+](=O)[O-])c1. The number of rotatable bonds is 5. The zero-order chi connectivity index (χ0) is 19.1. The molecule has 0 aliphatic carbocycles. The lowest BCUT2D eigenvalue weighted by Gasteiger charge is -2.09. The van der Waals surface area contributed by atoms with E-state index < -0.39 is 16.7 Å². The van der Waals surface area contributed by atoms with Crippen LogP contribution in [-0.4, -0.2) is 29.6 Å². The Morgan fingerprint density at radius 2 is 1.85 bits per heavy atom. The molecule has 134 valence electrons. The molecule has 0 radical (unpaired) electrons. The van der Waals surface area contributed by atoms with E-state index in [1.54, 1.807) is 37.3 Å². The molecule has 0 bridgehead atoms. The van der Waals surface area contributed by atoms with Crippen LogP contribution in [0.4, 0.5) is 11.4 Å². The van der Waals surface area contributed by atoms with Crippen LogP contribution in [0, 0.1) is 10.1 Å². The normalized spacial score (nSPS) is 10.8. The van der Waals surface area contributed by atoms with Gasteiger partial charge in [0.1, 0.15) is 5.75 Å². The molecule has 2 aromatic carbocycles. The number of benzene rings is 2. The predicted octanol–water partition coefficient (Wildman–Crippen LogP) is 2.08. The molecular weight excluding hydrogens is 340 g/mol. The predicted molar refractivity (Wildman–Crippen MR) is 95.1 cm³/mol. The van der Waals surface area contributed by atoms with Crippen molar-refractivity contribution in [2.24, 2.45) is 5.10 Å². The van der Waals surface area contributed by atoms with Crippen molar-refractivity contribution in [2.75, 3.05) is 12.4 Å². The van der Waals surface area contributed by atoms with E-state index in [2.05, 4.69) is 15.8 Å². The molecule has 2 N–H and O–H groups in total. The fourth-order valence-corrected chi connectivity index (χ4v) is 2.02. The number of anilines is 1. The van der Waals surface area contributed by atoms with E-state index in [9.17, 15) is 19.7 Å². The largest absolute Gasteiger partial charge is 0.495 e. The van der Waals surface area contributed by atoms with Gasteiger partial charge < -0.3 is 10.1 Å². The summed E-state index contributed by atoms with van der Waals surface area (Å²) in [4.78, 5) is 34.1. The Balaban J connectivity index is 2.04. The number of hydrogen-bond donors (Lipinski definition) is 2. The lowest BCUT2D eigenvalue weighted by atomic mass is 10.1. The van der Waals surface area contributed by atoms with Crippen LogP contribution in [0.1, 0.15) is 12.5 Å². The number of nitrogens with one attached hydrogen (secondary N) is 2. The summed E-state index contributed by atoms with van der Waals surface area (Å²) in [5.41, 5.74) is 3.12. The summed E-state index contributed by atoms with van der Waals surface area (Å²) in [6.45, 7) is 1.55. The first kappa shape index (κ1) is 18.6. The van der Waals surface area contributed by atoms with Gasteiger partial charge in [-0.1, -0.05) is 24.3 Å². The van der Waals surface area contributed by atoms with Crippen LogP contribution in [-0.2, 0) is 9.59 Å². The second kappa shape index (κ2) is 8.38. The molecule has 0 saturated heterocycles. The minimum atomic E-state index is -0.985. The van der Waals surface area contributed by atoms with Gasteiger partial charge in [0.25, 0.3) is 5.69 Å². The molecule has 0 atom stereocenters. The molecule has 9 heteroatoms. The van der Waals surface area contributed by atoms with Crippen LogP contribution in [0.3, 0.4) is 0 Å². The van der Waals surface area contributed by atoms with Crippen molar-refractivity contribution >= 4 is 28.9 Å². The second-order valence-electron chi connectivity index (χ2n) is 5.10. The maximum Gasteiger partial charge on any atom is 0.329 e. The van der Waals surface area contributed by atoms with E-state index in [4.69, 9.17) is 4.74 Å². The van der Waals surface area contributed by atoms with E-state index in [1.165, 1.54) is 25.3 Å². The number of carbonyl (C=O) groups excluding carboxylic acids is 2. The first-order valence-corrected chi connectivity index (χ1v) is 7.46. The topological polar surface area (TPSA) is 123 Å². The first-order chi connectivity index (χ1) is 12.4. The van der Waals surface area contributed by atoms with Gasteiger partial charge in [0, 0.05) is 17.7 Å². The molecule has 2 amide bonds. The number of nitrogens with zero attached hydrogens (tertiary/aromatic N) is 2. The maximum atomic E-state index is 11.9. The summed E-state index contributed by atoms with van der Waals surface area (Å²) in [6, 6.07) is 12.4. The Morgan fingerprint density at radius 3 is 2.54 bits per heavy atom. The third kappa shape index (κ3) is 4.63. The highest BCUT2D eigenvalue weighted by Gasteiger charge is 2.15. The number of hydrogen-bond acceptors (Lipinski definition) is 6. The lowest BCUT2D eigenvalue weighted by Crippen LogP contribution is -2.33. The van der Waals surface area contributed by atoms with Crippen LogP contribution in [0.15, 0.2) is 53.6 Å². The van der Waals surface area contributed by atoms with Crippen molar-refractivity contribution < 1.29 is 19.2 Å². The highest BCUT2D eigenvalue weighted by atomic mass is 16.6. The van der Waals surface area contributed by atoms with Crippen molar-refractivity contribution in [1.29, 1.82) is 0 Å². The van der Waals surface area contributed by atoms with Gasteiger partial charge in [-0.2, -0.15) is 5.10 Å². The molecule has 0 spiro atoms. The van der Waals surface area contributed by atoms with E-state index in [1.807, 2.05) is 0 Å². The quantitative estimate of drug-likeness (QED) is 0.367. The molecule has 0 aliphatic heterocycles. The summed E-state index contributed by atoms with van der Waals surface area (Å²) in [6.07, 6.45) is 0. The first-order valence-electron chi connectivity index (χ1n) is 7.46. The molecule has 0 aliphatic rings. The maximum absolute atomic E-state index is 11.9. The number of carbonyl (C=O) groups is 2. The summed E-state index contributed by atoms with van der Waals surface area (Å²) in [7, 11) is 1.44. The average Bonchev–Trinajstić information content (AvgIpc) is 2.66. The summed E-state index contributed by atoms with van der Waals surface area (Å²) in [5, 5.41) is 17.0. The number of hydrazone groups is 1. The van der Waals surface area contributed by atoms with Crippen molar-refractivity contribution in [3.8, 4) is 5.75 Å². The van der Waals surface area contributed by atoms with Crippen LogP contribution in [0.25, 0.3) is 0 Å². The number of ether oxygens (including phenoxy) is 1. The summed E-state index contributed by atoms with van der Waals surface area (Å²) in [5.74, 6) is -1.50. The molecule has 0 unspecified atom stereocenters. The van der Waals surface area contributed by atoms with E-state index in [0.29, 0.717) is 22.7 Å². The molecule has 0 aromatic heterocycles. The number of nitro groups is 1. The molecule has 0 heterocycles. The summed E-state index contributed by atoms with van der Waals surface area (Å²) >= 11 is 0. The molecule has 0 saturated carbocycles. The van der Waals surface area contributed by atoms with Gasteiger partial charge in [0.2, 0.25) is 0 Å². The number of non-ortho nitro benzene ring substituents is 1. The van der Waals surface area contributed by atoms with Gasteiger partial charge in [0.15, 0.2) is 0 Å². The minimum absolute atomic E-state index is 0.0997. The van der Waals surface area contributed by atoms with Gasteiger partial charge in [-0.3, -0.25) is 19.7 Å². The van der Waals surface area contributed by atoms with Gasteiger partial charge in [-0.05, 0) is 19.1 Å². The number of para-hydroxylation sites is 2. The number of nitro benzene ring substituents is 1. The Morgan fingerprint density at radius 1 is 1.12 bits per heavy atom. The van der Waals surface area contributed by atoms with Crippen LogP contribution >= 0.6 is 0 Å². The Labute approximate surface area is 148 Å². The molecule has 2 aromatic rings. The average molecular weight is 356 g/mol. The van der Waals surface area contributed by atoms with Gasteiger partial charge in [-0.25, -0.2) is 5.43 Å². The van der Waals surface area contributed by atoms with Crippen molar-refractivity contribution in [2.45, 2.75) is 6.92 Å². The fraction of sp³-hybridized carbons (Fsp3) is 0.118. The number of methoxy groups -OCH3 is 1. The Bertz CT molecular complexity index is 879. The van der Waals surface area contributed by atoms with Gasteiger partial charge in [0.05, 0.1) is 23.4 Å². The summed E-state index contributed by atoms with van der Waals surface area (Å²) < 4.78 is 5.08. The van der Waals surface area contributed by atoms with Crippen molar-refractivity contribution in [1.82, 2.24) is 5.43 Å². The van der Waals surface area contributed by atoms with Crippen molar-refractivity contribution in [3.05, 3.63) is 64.2 Å². The Kier molecular flexibility index (Phi) is 5.99. The fourth-order valence-electron chi connectivity index (χ4n) is 2.02. The zero-order valence-corrected chi connectivity index (χ0v) is 14.1. The smallest absolute Gasteiger partial charge is 0.329 e. The molecular formula is C17H16N4O5. The van der Waals surface area contributed by atoms with Crippen LogP contribution < -0.4 is 15.5 Å². The molecule has 26 heavy (non-hydrogen) atoms. The van der Waals surface area contributed by atoms with Gasteiger partial charge in [-0.15, -0.1) is 0 Å².